The molecule has 12 heteroatoms. The number of para-hydroxylation sites is 1. The van der Waals surface area contributed by atoms with Crippen LogP contribution in [0.25, 0.3) is 0 Å². The van der Waals surface area contributed by atoms with Crippen LogP contribution in [-0.2, 0) is 14.4 Å². The number of alkyl halides is 5. The van der Waals surface area contributed by atoms with Gasteiger partial charge in [0.2, 0.25) is 23.9 Å². The average molecular weight is 579 g/mol. The third-order valence-electron chi connectivity index (χ3n) is 7.18. The maximum absolute atomic E-state index is 13.9. The van der Waals surface area contributed by atoms with E-state index in [0.717, 1.165) is 12.8 Å². The SMILES string of the molecule is CC(F)(F)C[C@@H](C(N)=O)[C@H](CCC(F)(F)F)C(=O)N[C@H]1N=C(c2ccccc2)c2ccccc2N(CC2CC2)C1=O. The van der Waals surface area contributed by atoms with E-state index >= 15 is 0 Å². The van der Waals surface area contributed by atoms with E-state index in [4.69, 9.17) is 5.73 Å². The molecule has 0 bridgehead atoms. The number of hydrogen-bond donors (Lipinski definition) is 2. The molecule has 0 spiro atoms. The lowest BCUT2D eigenvalue weighted by atomic mass is 9.83. The summed E-state index contributed by atoms with van der Waals surface area (Å²) >= 11 is 0. The summed E-state index contributed by atoms with van der Waals surface area (Å²) in [4.78, 5) is 45.6. The summed E-state index contributed by atoms with van der Waals surface area (Å²) in [5.74, 6) is -10.2. The maximum Gasteiger partial charge on any atom is 0.389 e. The van der Waals surface area contributed by atoms with Gasteiger partial charge in [0.15, 0.2) is 0 Å². The van der Waals surface area contributed by atoms with Crippen molar-refractivity contribution in [1.82, 2.24) is 5.32 Å². The molecule has 0 radical (unpaired) electrons. The summed E-state index contributed by atoms with van der Waals surface area (Å²) in [6.45, 7) is 0.823. The fourth-order valence-electron chi connectivity index (χ4n) is 5.00. The van der Waals surface area contributed by atoms with Crippen molar-refractivity contribution in [3.63, 3.8) is 0 Å². The highest BCUT2D eigenvalue weighted by atomic mass is 19.4. The zero-order chi connectivity index (χ0) is 29.9. The molecule has 1 aliphatic heterocycles. The number of hydrogen-bond acceptors (Lipinski definition) is 4. The van der Waals surface area contributed by atoms with Crippen LogP contribution in [-0.4, -0.2) is 48.2 Å². The van der Waals surface area contributed by atoms with Crippen LogP contribution in [0.2, 0.25) is 0 Å². The molecule has 2 aromatic carbocycles. The predicted molar refractivity (Wildman–Crippen MR) is 142 cm³/mol. The van der Waals surface area contributed by atoms with Crippen molar-refractivity contribution in [2.75, 3.05) is 11.4 Å². The zero-order valence-corrected chi connectivity index (χ0v) is 22.3. The fraction of sp³-hybridized carbons (Fsp3) is 0.448. The van der Waals surface area contributed by atoms with Crippen LogP contribution in [0.3, 0.4) is 0 Å². The van der Waals surface area contributed by atoms with Gasteiger partial charge in [-0.1, -0.05) is 48.5 Å². The van der Waals surface area contributed by atoms with Crippen LogP contribution in [0.15, 0.2) is 59.6 Å². The zero-order valence-electron chi connectivity index (χ0n) is 22.3. The van der Waals surface area contributed by atoms with E-state index < -0.39 is 67.1 Å². The number of benzodiazepines with no additional fused rings is 1. The first-order chi connectivity index (χ1) is 19.2. The van der Waals surface area contributed by atoms with Crippen LogP contribution in [0.1, 0.15) is 50.2 Å². The van der Waals surface area contributed by atoms with Gasteiger partial charge in [-0.05, 0) is 38.2 Å². The lowest BCUT2D eigenvalue weighted by Gasteiger charge is -2.29. The first-order valence-electron chi connectivity index (χ1n) is 13.3. The molecule has 3 atom stereocenters. The van der Waals surface area contributed by atoms with Crippen molar-refractivity contribution < 1.29 is 36.3 Å². The van der Waals surface area contributed by atoms with Gasteiger partial charge in [0.25, 0.3) is 5.91 Å². The standard InChI is InChI=1S/C29H31F5N4O3/c1-28(30,31)15-21(24(35)39)19(13-14-29(32,33)34)26(40)37-25-27(41)38(16-17-11-12-17)22-10-6-5-9-20(22)23(36-25)18-7-3-2-4-8-18/h2-10,17,19,21,25H,11-16H2,1H3,(H2,35,39)(H,37,40)/t19-,21+,25+/m0/s1. The lowest BCUT2D eigenvalue weighted by Crippen LogP contribution is -2.51. The number of nitrogens with zero attached hydrogens (tertiary/aromatic N) is 2. The monoisotopic (exact) mass is 578 g/mol. The second-order valence-corrected chi connectivity index (χ2v) is 10.7. The third kappa shape index (κ3) is 7.89. The smallest absolute Gasteiger partial charge is 0.369 e. The van der Waals surface area contributed by atoms with Gasteiger partial charge in [-0.15, -0.1) is 0 Å². The molecule has 3 amide bonds. The quantitative estimate of drug-likeness (QED) is 0.373. The Bertz CT molecular complexity index is 1310. The van der Waals surface area contributed by atoms with Crippen molar-refractivity contribution in [3.8, 4) is 0 Å². The van der Waals surface area contributed by atoms with Crippen LogP contribution < -0.4 is 16.0 Å². The van der Waals surface area contributed by atoms with Crippen LogP contribution in [0, 0.1) is 17.8 Å². The minimum Gasteiger partial charge on any atom is -0.369 e. The Labute approximate surface area is 234 Å². The van der Waals surface area contributed by atoms with Gasteiger partial charge in [-0.3, -0.25) is 14.4 Å². The molecule has 3 N–H and O–H groups in total. The number of rotatable bonds is 11. The number of nitrogens with one attached hydrogen (secondary N) is 1. The summed E-state index contributed by atoms with van der Waals surface area (Å²) in [6.07, 6.45) is -8.22. The van der Waals surface area contributed by atoms with E-state index in [1.54, 1.807) is 54.6 Å². The Kier molecular flexibility index (Phi) is 8.79. The Morgan fingerprint density at radius 1 is 1.02 bits per heavy atom. The molecule has 1 heterocycles. The number of anilines is 1. The molecule has 7 nitrogen and oxygen atoms in total. The van der Waals surface area contributed by atoms with Gasteiger partial charge < -0.3 is 16.0 Å². The van der Waals surface area contributed by atoms with Crippen molar-refractivity contribution >= 4 is 29.1 Å². The molecular weight excluding hydrogens is 547 g/mol. The number of aliphatic imine (C=N–C) groups is 1. The van der Waals surface area contributed by atoms with E-state index in [0.29, 0.717) is 36.0 Å². The van der Waals surface area contributed by atoms with Crippen molar-refractivity contribution in [2.24, 2.45) is 28.5 Å². The Morgan fingerprint density at radius 2 is 1.66 bits per heavy atom. The topological polar surface area (TPSA) is 105 Å². The molecular formula is C29H31F5N4O3. The van der Waals surface area contributed by atoms with Crippen LogP contribution in [0.4, 0.5) is 27.6 Å². The molecule has 220 valence electrons. The first kappa shape index (κ1) is 30.1. The predicted octanol–water partition coefficient (Wildman–Crippen LogP) is 4.83. The number of carbonyl (C=O) groups is 3. The Morgan fingerprint density at radius 3 is 2.24 bits per heavy atom. The van der Waals surface area contributed by atoms with Crippen molar-refractivity contribution in [2.45, 2.75) is 57.3 Å². The number of nitrogens with two attached hydrogens (primary N) is 1. The van der Waals surface area contributed by atoms with Gasteiger partial charge in [-0.25, -0.2) is 13.8 Å². The molecule has 1 saturated carbocycles. The molecule has 4 rings (SSSR count). The molecule has 2 aromatic rings. The minimum atomic E-state index is -4.73. The average Bonchev–Trinajstić information content (AvgIpc) is 3.73. The van der Waals surface area contributed by atoms with Gasteiger partial charge in [0, 0.05) is 30.5 Å². The number of carbonyl (C=O) groups excluding carboxylic acids is 3. The summed E-state index contributed by atoms with van der Waals surface area (Å²) in [7, 11) is 0. The fourth-order valence-corrected chi connectivity index (χ4v) is 5.00. The Hall–Kier alpha value is -3.83. The molecule has 0 aromatic heterocycles. The molecule has 2 aliphatic rings. The second-order valence-electron chi connectivity index (χ2n) is 10.7. The number of benzene rings is 2. The lowest BCUT2D eigenvalue weighted by molar-refractivity contribution is -0.148. The largest absolute Gasteiger partial charge is 0.389 e. The molecule has 0 saturated heterocycles. The maximum atomic E-state index is 13.9. The van der Waals surface area contributed by atoms with Crippen molar-refractivity contribution in [3.05, 3.63) is 65.7 Å². The van der Waals surface area contributed by atoms with E-state index in [1.807, 2.05) is 0 Å². The van der Waals surface area contributed by atoms with Gasteiger partial charge >= 0.3 is 6.18 Å². The van der Waals surface area contributed by atoms with Crippen LogP contribution >= 0.6 is 0 Å². The van der Waals surface area contributed by atoms with E-state index in [2.05, 4.69) is 10.3 Å². The highest BCUT2D eigenvalue weighted by molar-refractivity contribution is 6.20. The minimum absolute atomic E-state index is 0.229. The van der Waals surface area contributed by atoms with Gasteiger partial charge in [-0.2, -0.15) is 13.2 Å². The second kappa shape index (κ2) is 12.0. The van der Waals surface area contributed by atoms with E-state index in [-0.39, 0.29) is 5.92 Å². The highest BCUT2D eigenvalue weighted by Gasteiger charge is 2.43. The van der Waals surface area contributed by atoms with Gasteiger partial charge in [0.05, 0.1) is 23.2 Å². The summed E-state index contributed by atoms with van der Waals surface area (Å²) in [6, 6.07) is 15.9. The highest BCUT2D eigenvalue weighted by Crippen LogP contribution is 2.36. The molecule has 41 heavy (non-hydrogen) atoms. The molecule has 1 fully saturated rings. The number of primary amides is 1. The summed E-state index contributed by atoms with van der Waals surface area (Å²) in [5, 5.41) is 2.39. The summed E-state index contributed by atoms with van der Waals surface area (Å²) < 4.78 is 67.3. The molecule has 1 aliphatic carbocycles. The third-order valence-corrected chi connectivity index (χ3v) is 7.18. The number of amides is 3. The Balaban J connectivity index is 1.75. The summed E-state index contributed by atoms with van der Waals surface area (Å²) in [5.41, 5.74) is 7.45. The number of fused-ring (bicyclic) bond motifs is 1. The van der Waals surface area contributed by atoms with E-state index in [9.17, 15) is 36.3 Å². The molecule has 0 unspecified atom stereocenters. The van der Waals surface area contributed by atoms with E-state index in [1.165, 1.54) is 4.90 Å². The van der Waals surface area contributed by atoms with Crippen molar-refractivity contribution in [1.29, 1.82) is 0 Å². The number of halogens is 5. The van der Waals surface area contributed by atoms with Crippen LogP contribution in [0.5, 0.6) is 0 Å². The normalized spacial score (nSPS) is 19.1. The van der Waals surface area contributed by atoms with Gasteiger partial charge in [0.1, 0.15) is 0 Å². The first-order valence-corrected chi connectivity index (χ1v) is 13.3.